The second-order valence-corrected chi connectivity index (χ2v) is 9.46. The van der Waals surface area contributed by atoms with Crippen molar-refractivity contribution in [1.29, 1.82) is 0 Å². The molecule has 4 aromatic carbocycles. The van der Waals surface area contributed by atoms with E-state index in [0.717, 1.165) is 5.75 Å². The standard InChI is InChI=1S/C25H22OSi/c1-4-10-21(11-5-1)20-26-22-16-18-25(19-17-22)27(23-12-6-2-7-13-23)24-14-8-3-9-15-24/h1-19,27H,20H2. The van der Waals surface area contributed by atoms with Gasteiger partial charge < -0.3 is 4.74 Å². The molecule has 4 rings (SSSR count). The van der Waals surface area contributed by atoms with Crippen molar-refractivity contribution < 1.29 is 4.74 Å². The van der Waals surface area contributed by atoms with Gasteiger partial charge >= 0.3 is 0 Å². The molecule has 0 heterocycles. The molecule has 0 spiro atoms. The maximum atomic E-state index is 5.95. The SMILES string of the molecule is c1ccc(COc2ccc([SiH](c3ccccc3)c3ccccc3)cc2)cc1. The van der Waals surface area contributed by atoms with Crippen molar-refractivity contribution in [2.24, 2.45) is 0 Å². The van der Waals surface area contributed by atoms with Crippen LogP contribution >= 0.6 is 0 Å². The van der Waals surface area contributed by atoms with Crippen LogP contribution in [-0.4, -0.2) is 8.80 Å². The molecule has 0 aliphatic carbocycles. The zero-order valence-corrected chi connectivity index (χ0v) is 16.3. The molecule has 0 N–H and O–H groups in total. The highest BCUT2D eigenvalue weighted by molar-refractivity contribution is 6.95. The van der Waals surface area contributed by atoms with Crippen molar-refractivity contribution in [2.75, 3.05) is 0 Å². The first-order valence-electron chi connectivity index (χ1n) is 9.27. The van der Waals surface area contributed by atoms with E-state index in [1.807, 2.05) is 18.2 Å². The van der Waals surface area contributed by atoms with Crippen molar-refractivity contribution in [3.05, 3.63) is 121 Å². The molecule has 0 radical (unpaired) electrons. The molecule has 0 bridgehead atoms. The summed E-state index contributed by atoms with van der Waals surface area (Å²) in [5, 5.41) is 4.27. The first-order valence-corrected chi connectivity index (χ1v) is 11.0. The van der Waals surface area contributed by atoms with E-state index in [0.29, 0.717) is 6.61 Å². The molecule has 0 atom stereocenters. The van der Waals surface area contributed by atoms with Crippen molar-refractivity contribution >= 4 is 24.4 Å². The third-order valence-corrected chi connectivity index (χ3v) is 7.88. The van der Waals surface area contributed by atoms with Crippen molar-refractivity contribution in [3.63, 3.8) is 0 Å². The molecule has 0 fully saturated rings. The molecule has 0 unspecified atom stereocenters. The summed E-state index contributed by atoms with van der Waals surface area (Å²) in [7, 11) is -1.46. The lowest BCUT2D eigenvalue weighted by Crippen LogP contribution is -2.51. The molecular formula is C25H22OSi. The highest BCUT2D eigenvalue weighted by atomic mass is 28.3. The summed E-state index contributed by atoms with van der Waals surface area (Å²) in [6.45, 7) is 0.596. The zero-order chi connectivity index (χ0) is 18.3. The van der Waals surface area contributed by atoms with Gasteiger partial charge in [0.1, 0.15) is 21.2 Å². The summed E-state index contributed by atoms with van der Waals surface area (Å²) >= 11 is 0. The lowest BCUT2D eigenvalue weighted by atomic mass is 10.2. The Kier molecular flexibility index (Phi) is 5.46. The van der Waals surface area contributed by atoms with Crippen LogP contribution in [0.1, 0.15) is 5.56 Å². The fourth-order valence-electron chi connectivity index (χ4n) is 3.37. The summed E-state index contributed by atoms with van der Waals surface area (Å²) < 4.78 is 5.95. The molecule has 132 valence electrons. The summed E-state index contributed by atoms with van der Waals surface area (Å²) in [6, 6.07) is 40.7. The van der Waals surface area contributed by atoms with E-state index in [1.165, 1.54) is 21.1 Å². The Morgan fingerprint density at radius 2 is 0.926 bits per heavy atom. The zero-order valence-electron chi connectivity index (χ0n) is 15.2. The van der Waals surface area contributed by atoms with Crippen LogP contribution in [0.5, 0.6) is 5.75 Å². The number of rotatable bonds is 6. The molecule has 0 aromatic heterocycles. The van der Waals surface area contributed by atoms with Crippen molar-refractivity contribution in [2.45, 2.75) is 6.61 Å². The van der Waals surface area contributed by atoms with E-state index in [9.17, 15) is 0 Å². The van der Waals surface area contributed by atoms with Crippen LogP contribution in [-0.2, 0) is 6.61 Å². The predicted molar refractivity (Wildman–Crippen MR) is 116 cm³/mol. The minimum absolute atomic E-state index is 0.596. The van der Waals surface area contributed by atoms with Gasteiger partial charge in [-0.25, -0.2) is 0 Å². The summed E-state index contributed by atoms with van der Waals surface area (Å²) in [5.74, 6) is 0.913. The third kappa shape index (κ3) is 4.36. The maximum Gasteiger partial charge on any atom is 0.132 e. The van der Waals surface area contributed by atoms with Gasteiger partial charge in [-0.05, 0) is 17.7 Å². The molecule has 2 heteroatoms. The largest absolute Gasteiger partial charge is 0.489 e. The van der Waals surface area contributed by atoms with Crippen LogP contribution in [0.25, 0.3) is 0 Å². The Labute approximate surface area is 162 Å². The summed E-state index contributed by atoms with van der Waals surface area (Å²) in [5.41, 5.74) is 1.18. The van der Waals surface area contributed by atoms with Gasteiger partial charge in [0.25, 0.3) is 0 Å². The van der Waals surface area contributed by atoms with Gasteiger partial charge in [-0.1, -0.05) is 119 Å². The van der Waals surface area contributed by atoms with Gasteiger partial charge in [-0.2, -0.15) is 0 Å². The fourth-order valence-corrected chi connectivity index (χ4v) is 6.31. The van der Waals surface area contributed by atoms with E-state index < -0.39 is 8.80 Å². The lowest BCUT2D eigenvalue weighted by Gasteiger charge is -2.17. The van der Waals surface area contributed by atoms with E-state index in [4.69, 9.17) is 4.74 Å². The Balaban J connectivity index is 1.58. The number of hydrogen-bond acceptors (Lipinski definition) is 1. The predicted octanol–water partition coefficient (Wildman–Crippen LogP) is 3.51. The van der Waals surface area contributed by atoms with Crippen LogP contribution in [0.3, 0.4) is 0 Å². The monoisotopic (exact) mass is 366 g/mol. The second-order valence-electron chi connectivity index (χ2n) is 6.60. The minimum Gasteiger partial charge on any atom is -0.489 e. The van der Waals surface area contributed by atoms with E-state index >= 15 is 0 Å². The average molecular weight is 367 g/mol. The molecule has 1 nitrogen and oxygen atoms in total. The molecule has 0 amide bonds. The lowest BCUT2D eigenvalue weighted by molar-refractivity contribution is 0.306. The molecule has 0 saturated carbocycles. The van der Waals surface area contributed by atoms with Crippen LogP contribution in [0.2, 0.25) is 0 Å². The van der Waals surface area contributed by atoms with E-state index in [1.54, 1.807) is 0 Å². The summed E-state index contributed by atoms with van der Waals surface area (Å²) in [4.78, 5) is 0. The highest BCUT2D eigenvalue weighted by Crippen LogP contribution is 2.11. The highest BCUT2D eigenvalue weighted by Gasteiger charge is 2.18. The van der Waals surface area contributed by atoms with Gasteiger partial charge in [-0.15, -0.1) is 0 Å². The second kappa shape index (κ2) is 8.52. The fraction of sp³-hybridized carbons (Fsp3) is 0.0400. The van der Waals surface area contributed by atoms with Gasteiger partial charge in [0.2, 0.25) is 0 Å². The van der Waals surface area contributed by atoms with Crippen molar-refractivity contribution in [1.82, 2.24) is 0 Å². The van der Waals surface area contributed by atoms with Crippen LogP contribution < -0.4 is 20.3 Å². The smallest absolute Gasteiger partial charge is 0.132 e. The van der Waals surface area contributed by atoms with Crippen LogP contribution in [0.15, 0.2) is 115 Å². The molecular weight excluding hydrogens is 344 g/mol. The summed E-state index contributed by atoms with van der Waals surface area (Å²) in [6.07, 6.45) is 0. The van der Waals surface area contributed by atoms with Crippen LogP contribution in [0, 0.1) is 0 Å². The van der Waals surface area contributed by atoms with Gasteiger partial charge in [0.15, 0.2) is 0 Å². The molecule has 0 aliphatic heterocycles. The topological polar surface area (TPSA) is 9.23 Å². The minimum atomic E-state index is -1.46. The quantitative estimate of drug-likeness (QED) is 0.375. The van der Waals surface area contributed by atoms with Crippen molar-refractivity contribution in [3.8, 4) is 5.75 Å². The maximum absolute atomic E-state index is 5.95. The molecule has 4 aromatic rings. The molecule has 0 aliphatic rings. The van der Waals surface area contributed by atoms with E-state index in [-0.39, 0.29) is 0 Å². The van der Waals surface area contributed by atoms with E-state index in [2.05, 4.69) is 97.1 Å². The van der Waals surface area contributed by atoms with Crippen LogP contribution in [0.4, 0.5) is 0 Å². The van der Waals surface area contributed by atoms with Gasteiger partial charge in [0.05, 0.1) is 0 Å². The molecule has 27 heavy (non-hydrogen) atoms. The Morgan fingerprint density at radius 1 is 0.481 bits per heavy atom. The Morgan fingerprint density at radius 3 is 1.44 bits per heavy atom. The average Bonchev–Trinajstić information content (AvgIpc) is 2.76. The Bertz CT molecular complexity index is 912. The first kappa shape index (κ1) is 17.3. The first-order chi connectivity index (χ1) is 13.4. The normalized spacial score (nSPS) is 10.7. The number of benzene rings is 4. The molecule has 0 saturated heterocycles. The van der Waals surface area contributed by atoms with Gasteiger partial charge in [0, 0.05) is 0 Å². The number of ether oxygens (including phenoxy) is 1. The third-order valence-electron chi connectivity index (χ3n) is 4.73. The number of hydrogen-bond donors (Lipinski definition) is 0. The Hall–Kier alpha value is -3.10. The van der Waals surface area contributed by atoms with Gasteiger partial charge in [-0.3, -0.25) is 0 Å².